The second-order valence-electron chi connectivity index (χ2n) is 4.63. The predicted octanol–water partition coefficient (Wildman–Crippen LogP) is 4.19. The third kappa shape index (κ3) is 2.33. The minimum absolute atomic E-state index is 0.792. The second kappa shape index (κ2) is 5.13. The number of benzene rings is 2. The van der Waals surface area contributed by atoms with Crippen LogP contribution in [0.2, 0.25) is 0 Å². The molecule has 0 amide bonds. The van der Waals surface area contributed by atoms with Gasteiger partial charge in [0.25, 0.3) is 0 Å². The zero-order valence-electron chi connectivity index (χ0n) is 11.2. The van der Waals surface area contributed by atoms with Gasteiger partial charge in [0.2, 0.25) is 0 Å². The summed E-state index contributed by atoms with van der Waals surface area (Å²) in [6, 6.07) is 12.4. The molecule has 2 aromatic carbocycles. The molecule has 2 rings (SSSR count). The highest BCUT2D eigenvalue weighted by atomic mass is 14.9. The van der Waals surface area contributed by atoms with Gasteiger partial charge in [0.1, 0.15) is 0 Å². The van der Waals surface area contributed by atoms with E-state index in [0.717, 1.165) is 17.8 Å². The van der Waals surface area contributed by atoms with Crippen LogP contribution >= 0.6 is 0 Å². The fourth-order valence-electron chi connectivity index (χ4n) is 2.19. The molecule has 0 aromatic heterocycles. The molecule has 0 radical (unpaired) electrons. The first-order valence-electron chi connectivity index (χ1n) is 6.34. The van der Waals surface area contributed by atoms with Crippen molar-refractivity contribution >= 4 is 17.1 Å². The van der Waals surface area contributed by atoms with Crippen molar-refractivity contribution in [1.29, 1.82) is 0 Å². The Balaban J connectivity index is 2.46. The van der Waals surface area contributed by atoms with Gasteiger partial charge in [-0.3, -0.25) is 0 Å². The quantitative estimate of drug-likeness (QED) is 0.789. The van der Waals surface area contributed by atoms with Crippen LogP contribution in [0, 0.1) is 13.8 Å². The van der Waals surface area contributed by atoms with Crippen molar-refractivity contribution in [3.05, 3.63) is 53.1 Å². The average Bonchev–Trinajstić information content (AvgIpc) is 2.35. The molecule has 94 valence electrons. The van der Waals surface area contributed by atoms with E-state index in [1.165, 1.54) is 22.4 Å². The van der Waals surface area contributed by atoms with E-state index < -0.39 is 0 Å². The molecule has 0 saturated carbocycles. The van der Waals surface area contributed by atoms with Crippen LogP contribution in [-0.2, 0) is 6.42 Å². The third-order valence-electron chi connectivity index (χ3n) is 3.30. The fraction of sp³-hybridized carbons (Fsp3) is 0.250. The molecule has 0 fully saturated rings. The van der Waals surface area contributed by atoms with Gasteiger partial charge in [-0.25, -0.2) is 0 Å². The van der Waals surface area contributed by atoms with E-state index in [-0.39, 0.29) is 0 Å². The number of nitrogens with one attached hydrogen (secondary N) is 1. The van der Waals surface area contributed by atoms with E-state index in [2.05, 4.69) is 50.4 Å². The van der Waals surface area contributed by atoms with Crippen molar-refractivity contribution in [3.8, 4) is 0 Å². The van der Waals surface area contributed by atoms with Gasteiger partial charge in [-0.05, 0) is 43.0 Å². The van der Waals surface area contributed by atoms with Gasteiger partial charge in [-0.1, -0.05) is 37.3 Å². The number of hydrogen-bond acceptors (Lipinski definition) is 2. The summed E-state index contributed by atoms with van der Waals surface area (Å²) in [4.78, 5) is 0. The fourth-order valence-corrected chi connectivity index (χ4v) is 2.19. The first kappa shape index (κ1) is 12.5. The second-order valence-corrected chi connectivity index (χ2v) is 4.63. The monoisotopic (exact) mass is 240 g/mol. The lowest BCUT2D eigenvalue weighted by Crippen LogP contribution is -2.02. The van der Waals surface area contributed by atoms with Crippen molar-refractivity contribution in [2.45, 2.75) is 27.2 Å². The highest BCUT2D eigenvalue weighted by Gasteiger charge is 2.08. The van der Waals surface area contributed by atoms with Crippen molar-refractivity contribution in [3.63, 3.8) is 0 Å². The van der Waals surface area contributed by atoms with E-state index in [0.29, 0.717) is 0 Å². The zero-order valence-corrected chi connectivity index (χ0v) is 11.2. The SMILES string of the molecule is CCc1cccc(C)c1Nc1c(C)cccc1N. The molecule has 0 unspecified atom stereocenters. The Morgan fingerprint density at radius 2 is 1.56 bits per heavy atom. The maximum absolute atomic E-state index is 6.05. The van der Waals surface area contributed by atoms with Crippen molar-refractivity contribution in [1.82, 2.24) is 0 Å². The standard InChI is InChI=1S/C16H20N2/c1-4-13-9-5-7-11(2)15(13)18-16-12(3)8-6-10-14(16)17/h5-10,18H,4,17H2,1-3H3. The van der Waals surface area contributed by atoms with Crippen LogP contribution in [0.3, 0.4) is 0 Å². The number of aryl methyl sites for hydroxylation is 3. The molecular weight excluding hydrogens is 220 g/mol. The molecule has 0 spiro atoms. The summed E-state index contributed by atoms with van der Waals surface area (Å²) >= 11 is 0. The zero-order chi connectivity index (χ0) is 13.1. The molecule has 2 heteroatoms. The van der Waals surface area contributed by atoms with E-state index in [1.54, 1.807) is 0 Å². The largest absolute Gasteiger partial charge is 0.397 e. The third-order valence-corrected chi connectivity index (χ3v) is 3.30. The molecule has 2 nitrogen and oxygen atoms in total. The summed E-state index contributed by atoms with van der Waals surface area (Å²) in [5, 5.41) is 3.50. The molecular formula is C16H20N2. The van der Waals surface area contributed by atoms with Gasteiger partial charge >= 0.3 is 0 Å². The molecule has 0 aliphatic rings. The lowest BCUT2D eigenvalue weighted by Gasteiger charge is -2.17. The van der Waals surface area contributed by atoms with E-state index >= 15 is 0 Å². The van der Waals surface area contributed by atoms with Gasteiger partial charge < -0.3 is 11.1 Å². The average molecular weight is 240 g/mol. The number of para-hydroxylation sites is 2. The van der Waals surface area contributed by atoms with E-state index in [9.17, 15) is 0 Å². The Hall–Kier alpha value is -1.96. The molecule has 2 aromatic rings. The van der Waals surface area contributed by atoms with Gasteiger partial charge in [0.05, 0.1) is 11.4 Å². The minimum Gasteiger partial charge on any atom is -0.397 e. The van der Waals surface area contributed by atoms with Crippen molar-refractivity contribution in [2.75, 3.05) is 11.1 Å². The molecule has 0 bridgehead atoms. The lowest BCUT2D eigenvalue weighted by molar-refractivity contribution is 1.13. The van der Waals surface area contributed by atoms with Crippen LogP contribution in [0.15, 0.2) is 36.4 Å². The lowest BCUT2D eigenvalue weighted by atomic mass is 10.0. The Morgan fingerprint density at radius 1 is 0.944 bits per heavy atom. The maximum Gasteiger partial charge on any atom is 0.0647 e. The van der Waals surface area contributed by atoms with Gasteiger partial charge in [-0.15, -0.1) is 0 Å². The van der Waals surface area contributed by atoms with Crippen LogP contribution in [0.5, 0.6) is 0 Å². The maximum atomic E-state index is 6.05. The van der Waals surface area contributed by atoms with Crippen molar-refractivity contribution in [2.24, 2.45) is 0 Å². The normalized spacial score (nSPS) is 10.4. The first-order chi connectivity index (χ1) is 8.63. The van der Waals surface area contributed by atoms with Crippen LogP contribution in [-0.4, -0.2) is 0 Å². The Bertz CT molecular complexity index is 539. The van der Waals surface area contributed by atoms with Crippen LogP contribution in [0.25, 0.3) is 0 Å². The Kier molecular flexibility index (Phi) is 3.56. The molecule has 0 aliphatic carbocycles. The summed E-state index contributed by atoms with van der Waals surface area (Å²) in [6.07, 6.45) is 1.01. The summed E-state index contributed by atoms with van der Waals surface area (Å²) < 4.78 is 0. The smallest absolute Gasteiger partial charge is 0.0647 e. The first-order valence-corrected chi connectivity index (χ1v) is 6.34. The number of anilines is 3. The van der Waals surface area contributed by atoms with Gasteiger partial charge in [-0.2, -0.15) is 0 Å². The number of nitrogen functional groups attached to an aromatic ring is 1. The molecule has 0 aliphatic heterocycles. The van der Waals surface area contributed by atoms with Crippen LogP contribution in [0.4, 0.5) is 17.1 Å². The van der Waals surface area contributed by atoms with Gasteiger partial charge in [0, 0.05) is 5.69 Å². The topological polar surface area (TPSA) is 38.0 Å². The summed E-state index contributed by atoms with van der Waals surface area (Å²) in [5.74, 6) is 0. The molecule has 0 atom stereocenters. The van der Waals surface area contributed by atoms with Crippen LogP contribution < -0.4 is 11.1 Å². The highest BCUT2D eigenvalue weighted by Crippen LogP contribution is 2.30. The Labute approximate surface area is 109 Å². The molecule has 0 saturated heterocycles. The summed E-state index contributed by atoms with van der Waals surface area (Å²) in [7, 11) is 0. The number of hydrogen-bond donors (Lipinski definition) is 2. The Morgan fingerprint density at radius 3 is 2.17 bits per heavy atom. The minimum atomic E-state index is 0.792. The predicted molar refractivity (Wildman–Crippen MR) is 79.4 cm³/mol. The van der Waals surface area contributed by atoms with Crippen LogP contribution in [0.1, 0.15) is 23.6 Å². The van der Waals surface area contributed by atoms with E-state index in [4.69, 9.17) is 5.73 Å². The summed E-state index contributed by atoms with van der Waals surface area (Å²) in [6.45, 7) is 6.36. The number of rotatable bonds is 3. The highest BCUT2D eigenvalue weighted by molar-refractivity contribution is 5.78. The molecule has 3 N–H and O–H groups in total. The summed E-state index contributed by atoms with van der Waals surface area (Å²) in [5.41, 5.74) is 12.8. The van der Waals surface area contributed by atoms with E-state index in [1.807, 2.05) is 12.1 Å². The molecule has 18 heavy (non-hydrogen) atoms. The van der Waals surface area contributed by atoms with Gasteiger partial charge in [0.15, 0.2) is 0 Å². The molecule has 0 heterocycles. The van der Waals surface area contributed by atoms with Crippen molar-refractivity contribution < 1.29 is 0 Å². The number of nitrogens with two attached hydrogens (primary N) is 1.